The van der Waals surface area contributed by atoms with Crippen LogP contribution in [0.25, 0.3) is 0 Å². The number of carboxylic acid groups (broad SMARTS) is 1. The molecule has 0 saturated carbocycles. The largest absolute Gasteiger partial charge is 0.479 e. The van der Waals surface area contributed by atoms with Crippen LogP contribution in [0, 0.1) is 5.82 Å². The molecule has 0 saturated heterocycles. The molecule has 0 radical (unpaired) electrons. The monoisotopic (exact) mass is 221 g/mol. The van der Waals surface area contributed by atoms with Gasteiger partial charge < -0.3 is 5.11 Å². The Hall–Kier alpha value is -1.71. The molecule has 16 heavy (non-hydrogen) atoms. The van der Waals surface area contributed by atoms with E-state index < -0.39 is 11.5 Å². The molecule has 0 bridgehead atoms. The van der Waals surface area contributed by atoms with Gasteiger partial charge in [-0.25, -0.2) is 9.18 Å². The van der Waals surface area contributed by atoms with Gasteiger partial charge in [0, 0.05) is 5.71 Å². The highest BCUT2D eigenvalue weighted by molar-refractivity contribution is 6.04. The maximum absolute atomic E-state index is 12.7. The average molecular weight is 221 g/mol. The number of aliphatic carboxylic acids is 1. The van der Waals surface area contributed by atoms with Gasteiger partial charge in [-0.1, -0.05) is 12.1 Å². The normalized spacial score (nSPS) is 24.2. The highest BCUT2D eigenvalue weighted by Gasteiger charge is 2.37. The van der Waals surface area contributed by atoms with Crippen LogP contribution in [0.3, 0.4) is 0 Å². The van der Waals surface area contributed by atoms with Crippen molar-refractivity contribution in [3.8, 4) is 0 Å². The van der Waals surface area contributed by atoms with E-state index in [1.165, 1.54) is 12.1 Å². The van der Waals surface area contributed by atoms with Crippen molar-refractivity contribution in [3.05, 3.63) is 35.6 Å². The molecule has 0 spiro atoms. The zero-order valence-electron chi connectivity index (χ0n) is 8.90. The Bertz CT molecular complexity index is 453. The standard InChI is InChI=1S/C12H12FNO2/c1-12(11(15)16)7-6-10(14-12)8-2-4-9(13)5-3-8/h2-5H,6-7H2,1H3,(H,15,16). The third-order valence-electron chi connectivity index (χ3n) is 2.87. The second-order valence-electron chi connectivity index (χ2n) is 4.14. The summed E-state index contributed by atoms with van der Waals surface area (Å²) in [6, 6.07) is 5.96. The molecule has 3 nitrogen and oxygen atoms in total. The van der Waals surface area contributed by atoms with Crippen molar-refractivity contribution in [1.29, 1.82) is 0 Å². The van der Waals surface area contributed by atoms with Gasteiger partial charge in [0.2, 0.25) is 0 Å². The minimum Gasteiger partial charge on any atom is -0.479 e. The van der Waals surface area contributed by atoms with E-state index in [2.05, 4.69) is 4.99 Å². The highest BCUT2D eigenvalue weighted by atomic mass is 19.1. The molecule has 1 aliphatic heterocycles. The first-order valence-corrected chi connectivity index (χ1v) is 5.09. The first kappa shape index (κ1) is 10.8. The van der Waals surface area contributed by atoms with Crippen LogP contribution in [0.2, 0.25) is 0 Å². The van der Waals surface area contributed by atoms with Crippen LogP contribution in [-0.2, 0) is 4.79 Å². The smallest absolute Gasteiger partial charge is 0.331 e. The van der Waals surface area contributed by atoms with Gasteiger partial charge in [-0.15, -0.1) is 0 Å². The molecule has 1 aromatic carbocycles. The number of carbonyl (C=O) groups is 1. The van der Waals surface area contributed by atoms with Crippen molar-refractivity contribution in [2.45, 2.75) is 25.3 Å². The van der Waals surface area contributed by atoms with Crippen LogP contribution in [0.4, 0.5) is 4.39 Å². The van der Waals surface area contributed by atoms with Crippen molar-refractivity contribution >= 4 is 11.7 Å². The van der Waals surface area contributed by atoms with E-state index in [9.17, 15) is 9.18 Å². The van der Waals surface area contributed by atoms with Crippen LogP contribution in [0.5, 0.6) is 0 Å². The fourth-order valence-electron chi connectivity index (χ4n) is 1.78. The lowest BCUT2D eigenvalue weighted by Gasteiger charge is -2.12. The number of hydrogen-bond donors (Lipinski definition) is 1. The second-order valence-corrected chi connectivity index (χ2v) is 4.14. The molecule has 4 heteroatoms. The summed E-state index contributed by atoms with van der Waals surface area (Å²) in [5, 5.41) is 9.01. The topological polar surface area (TPSA) is 49.7 Å². The summed E-state index contributed by atoms with van der Waals surface area (Å²) in [5.74, 6) is -1.21. The van der Waals surface area contributed by atoms with Crippen LogP contribution in [0.1, 0.15) is 25.3 Å². The SMILES string of the molecule is CC1(C(=O)O)CCC(c2ccc(F)cc2)=N1. The van der Waals surface area contributed by atoms with Gasteiger partial charge in [0.25, 0.3) is 0 Å². The number of rotatable bonds is 2. The number of benzene rings is 1. The van der Waals surface area contributed by atoms with Gasteiger partial charge in [-0.2, -0.15) is 0 Å². The van der Waals surface area contributed by atoms with E-state index in [-0.39, 0.29) is 5.82 Å². The number of nitrogens with zero attached hydrogens (tertiary/aromatic N) is 1. The molecule has 0 fully saturated rings. The minimum absolute atomic E-state index is 0.302. The summed E-state index contributed by atoms with van der Waals surface area (Å²) < 4.78 is 12.7. The van der Waals surface area contributed by atoms with Gasteiger partial charge in [0.15, 0.2) is 5.54 Å². The number of hydrogen-bond acceptors (Lipinski definition) is 2. The molecule has 1 aliphatic rings. The molecular formula is C12H12FNO2. The van der Waals surface area contributed by atoms with Crippen molar-refractivity contribution in [2.24, 2.45) is 4.99 Å². The molecule has 0 aliphatic carbocycles. The Kier molecular flexibility index (Phi) is 2.50. The molecule has 1 heterocycles. The molecule has 1 atom stereocenters. The summed E-state index contributed by atoms with van der Waals surface area (Å²) in [5.41, 5.74) is 0.514. The second kappa shape index (κ2) is 3.70. The third-order valence-corrected chi connectivity index (χ3v) is 2.87. The molecule has 0 aromatic heterocycles. The van der Waals surface area contributed by atoms with E-state index in [1.807, 2.05) is 0 Å². The third kappa shape index (κ3) is 1.83. The van der Waals surface area contributed by atoms with Gasteiger partial charge in [0.05, 0.1) is 0 Å². The van der Waals surface area contributed by atoms with Crippen molar-refractivity contribution in [1.82, 2.24) is 0 Å². The first-order chi connectivity index (χ1) is 7.51. The van der Waals surface area contributed by atoms with Gasteiger partial charge in [0.1, 0.15) is 5.82 Å². The first-order valence-electron chi connectivity index (χ1n) is 5.09. The van der Waals surface area contributed by atoms with E-state index in [1.54, 1.807) is 19.1 Å². The lowest BCUT2D eigenvalue weighted by Crippen LogP contribution is -2.30. The zero-order chi connectivity index (χ0) is 11.8. The van der Waals surface area contributed by atoms with Crippen LogP contribution in [0.15, 0.2) is 29.3 Å². The quantitative estimate of drug-likeness (QED) is 0.832. The van der Waals surface area contributed by atoms with Crippen molar-refractivity contribution in [3.63, 3.8) is 0 Å². The molecule has 0 amide bonds. The van der Waals surface area contributed by atoms with Crippen LogP contribution >= 0.6 is 0 Å². The van der Waals surface area contributed by atoms with Crippen LogP contribution in [-0.4, -0.2) is 22.3 Å². The minimum atomic E-state index is -1.02. The lowest BCUT2D eigenvalue weighted by molar-refractivity contribution is -0.142. The van der Waals surface area contributed by atoms with Crippen LogP contribution < -0.4 is 0 Å². The highest BCUT2D eigenvalue weighted by Crippen LogP contribution is 2.28. The Morgan fingerprint density at radius 1 is 1.44 bits per heavy atom. The number of aliphatic imine (C=N–C) groups is 1. The van der Waals surface area contributed by atoms with E-state index in [0.29, 0.717) is 12.8 Å². The maximum Gasteiger partial charge on any atom is 0.331 e. The summed E-state index contributed by atoms with van der Waals surface area (Å²) in [4.78, 5) is 15.2. The maximum atomic E-state index is 12.7. The molecular weight excluding hydrogens is 209 g/mol. The van der Waals surface area contributed by atoms with Gasteiger partial charge in [-0.3, -0.25) is 4.99 Å². The number of halogens is 1. The zero-order valence-corrected chi connectivity index (χ0v) is 8.90. The summed E-state index contributed by atoms with van der Waals surface area (Å²) >= 11 is 0. The number of carboxylic acids is 1. The predicted molar refractivity (Wildman–Crippen MR) is 58.2 cm³/mol. The Balaban J connectivity index is 2.31. The summed E-state index contributed by atoms with van der Waals surface area (Å²) in [6.07, 6.45) is 1.11. The average Bonchev–Trinajstić information content (AvgIpc) is 2.63. The fourth-order valence-corrected chi connectivity index (χ4v) is 1.78. The van der Waals surface area contributed by atoms with E-state index in [0.717, 1.165) is 11.3 Å². The van der Waals surface area contributed by atoms with Gasteiger partial charge in [-0.05, 0) is 37.5 Å². The Morgan fingerprint density at radius 3 is 2.56 bits per heavy atom. The van der Waals surface area contributed by atoms with E-state index in [4.69, 9.17) is 5.11 Å². The van der Waals surface area contributed by atoms with Gasteiger partial charge >= 0.3 is 5.97 Å². The Labute approximate surface area is 92.6 Å². The molecule has 2 rings (SSSR count). The molecule has 1 N–H and O–H groups in total. The Morgan fingerprint density at radius 2 is 2.06 bits per heavy atom. The summed E-state index contributed by atoms with van der Waals surface area (Å²) in [6.45, 7) is 1.60. The molecule has 1 aromatic rings. The van der Waals surface area contributed by atoms with Crippen molar-refractivity contribution < 1.29 is 14.3 Å². The predicted octanol–water partition coefficient (Wildman–Crippen LogP) is 2.25. The van der Waals surface area contributed by atoms with E-state index >= 15 is 0 Å². The fraction of sp³-hybridized carbons (Fsp3) is 0.333. The molecule has 84 valence electrons. The lowest BCUT2D eigenvalue weighted by atomic mass is 9.99. The van der Waals surface area contributed by atoms with Crippen molar-refractivity contribution in [2.75, 3.05) is 0 Å². The summed E-state index contributed by atoms with van der Waals surface area (Å²) in [7, 11) is 0. The molecule has 1 unspecified atom stereocenters.